The first kappa shape index (κ1) is 22.0. The first-order valence-corrected chi connectivity index (χ1v) is 10.5. The van der Waals surface area contributed by atoms with Crippen molar-refractivity contribution in [3.63, 3.8) is 0 Å². The predicted molar refractivity (Wildman–Crippen MR) is 126 cm³/mol. The number of ether oxygens (including phenoxy) is 1. The van der Waals surface area contributed by atoms with Crippen LogP contribution in [0.1, 0.15) is 11.1 Å². The van der Waals surface area contributed by atoms with E-state index in [0.717, 1.165) is 16.8 Å². The summed E-state index contributed by atoms with van der Waals surface area (Å²) in [5.74, 6) is -1.05. The van der Waals surface area contributed by atoms with Crippen LogP contribution in [0.2, 0.25) is 0 Å². The van der Waals surface area contributed by atoms with Gasteiger partial charge in [0.15, 0.2) is 6.61 Å². The highest BCUT2D eigenvalue weighted by atomic mass is 16.5. The Morgan fingerprint density at radius 2 is 1.73 bits per heavy atom. The molecule has 0 aliphatic heterocycles. The molecule has 166 valence electrons. The summed E-state index contributed by atoms with van der Waals surface area (Å²) in [6.07, 6.45) is 1.31. The molecule has 4 rings (SSSR count). The van der Waals surface area contributed by atoms with Crippen molar-refractivity contribution in [2.45, 2.75) is 20.0 Å². The van der Waals surface area contributed by atoms with Crippen LogP contribution in [0.4, 0.5) is 5.69 Å². The van der Waals surface area contributed by atoms with Crippen LogP contribution in [0.15, 0.2) is 90.0 Å². The van der Waals surface area contributed by atoms with Gasteiger partial charge in [0.05, 0.1) is 23.8 Å². The number of rotatable bonds is 7. The summed E-state index contributed by atoms with van der Waals surface area (Å²) in [5.41, 5.74) is 2.90. The van der Waals surface area contributed by atoms with Crippen molar-refractivity contribution in [2.24, 2.45) is 0 Å². The normalized spacial score (nSPS) is 10.7. The highest BCUT2D eigenvalue weighted by molar-refractivity contribution is 5.95. The second kappa shape index (κ2) is 9.91. The highest BCUT2D eigenvalue weighted by Crippen LogP contribution is 2.19. The summed E-state index contributed by atoms with van der Waals surface area (Å²) in [6, 6.07) is 24.1. The molecule has 0 saturated heterocycles. The number of anilines is 1. The largest absolute Gasteiger partial charge is 0.454 e. The van der Waals surface area contributed by atoms with E-state index in [1.807, 2.05) is 61.5 Å². The van der Waals surface area contributed by atoms with Crippen molar-refractivity contribution in [3.05, 3.63) is 107 Å². The Hall–Kier alpha value is -4.26. The van der Waals surface area contributed by atoms with Crippen LogP contribution in [-0.2, 0) is 27.4 Å². The standard InChI is InChI=1S/C26H23N3O4/c1-19-8-7-11-21(14-19)29(15-20-9-3-2-4-10-20)24(30)17-33-25(31)16-28-18-27-23-13-6-5-12-22(23)26(28)32/h2-14,18H,15-17H2,1H3. The van der Waals surface area contributed by atoms with Crippen LogP contribution in [0, 0.1) is 6.92 Å². The number of carbonyl (C=O) groups excluding carboxylic acids is 2. The van der Waals surface area contributed by atoms with Crippen LogP contribution in [0.5, 0.6) is 0 Å². The van der Waals surface area contributed by atoms with Crippen molar-refractivity contribution in [1.82, 2.24) is 9.55 Å². The van der Waals surface area contributed by atoms with Gasteiger partial charge < -0.3 is 9.64 Å². The number of hydrogen-bond acceptors (Lipinski definition) is 5. The molecule has 0 aliphatic rings. The van der Waals surface area contributed by atoms with E-state index in [9.17, 15) is 14.4 Å². The Morgan fingerprint density at radius 3 is 2.52 bits per heavy atom. The van der Waals surface area contributed by atoms with Crippen molar-refractivity contribution < 1.29 is 14.3 Å². The summed E-state index contributed by atoms with van der Waals surface area (Å²) in [5, 5.41) is 0.414. The summed E-state index contributed by atoms with van der Waals surface area (Å²) in [6.45, 7) is 1.53. The number of fused-ring (bicyclic) bond motifs is 1. The highest BCUT2D eigenvalue weighted by Gasteiger charge is 2.19. The number of carbonyl (C=O) groups is 2. The molecule has 1 heterocycles. The monoisotopic (exact) mass is 441 g/mol. The van der Waals surface area contributed by atoms with Crippen molar-refractivity contribution in [2.75, 3.05) is 11.5 Å². The summed E-state index contributed by atoms with van der Waals surface area (Å²) < 4.78 is 6.41. The molecule has 0 aliphatic carbocycles. The molecule has 4 aromatic rings. The summed E-state index contributed by atoms with van der Waals surface area (Å²) in [4.78, 5) is 43.8. The SMILES string of the molecule is Cc1cccc(N(Cc2ccccc2)C(=O)COC(=O)Cn2cnc3ccccc3c2=O)c1. The Balaban J connectivity index is 1.46. The van der Waals surface area contributed by atoms with Gasteiger partial charge in [-0.15, -0.1) is 0 Å². The zero-order chi connectivity index (χ0) is 23.2. The fourth-order valence-corrected chi connectivity index (χ4v) is 3.51. The molecular weight excluding hydrogens is 418 g/mol. The molecular formula is C26H23N3O4. The Kier molecular flexibility index (Phi) is 6.59. The molecule has 0 fully saturated rings. The number of benzene rings is 3. The second-order valence-corrected chi connectivity index (χ2v) is 7.66. The van der Waals surface area contributed by atoms with E-state index in [1.165, 1.54) is 10.9 Å². The molecule has 0 N–H and O–H groups in total. The number of aryl methyl sites for hydroxylation is 1. The Bertz CT molecular complexity index is 1350. The van der Waals surface area contributed by atoms with Gasteiger partial charge in [0.1, 0.15) is 6.54 Å². The van der Waals surface area contributed by atoms with Crippen LogP contribution >= 0.6 is 0 Å². The molecule has 0 spiro atoms. The minimum absolute atomic E-state index is 0.326. The lowest BCUT2D eigenvalue weighted by atomic mass is 10.1. The zero-order valence-corrected chi connectivity index (χ0v) is 18.2. The van der Waals surface area contributed by atoms with Crippen LogP contribution < -0.4 is 10.5 Å². The van der Waals surface area contributed by atoms with Crippen molar-refractivity contribution in [3.8, 4) is 0 Å². The van der Waals surface area contributed by atoms with Crippen molar-refractivity contribution in [1.29, 1.82) is 0 Å². The van der Waals surface area contributed by atoms with Crippen molar-refractivity contribution >= 4 is 28.5 Å². The van der Waals surface area contributed by atoms with Crippen LogP contribution in [0.3, 0.4) is 0 Å². The summed E-state index contributed by atoms with van der Waals surface area (Å²) >= 11 is 0. The van der Waals surface area contributed by atoms with E-state index in [0.29, 0.717) is 17.4 Å². The zero-order valence-electron chi connectivity index (χ0n) is 18.2. The number of nitrogens with zero attached hydrogens (tertiary/aromatic N) is 3. The first-order valence-electron chi connectivity index (χ1n) is 10.5. The van der Waals surface area contributed by atoms with Gasteiger partial charge in [-0.3, -0.25) is 19.0 Å². The Labute approximate surface area is 190 Å². The van der Waals surface area contributed by atoms with E-state index >= 15 is 0 Å². The molecule has 33 heavy (non-hydrogen) atoms. The lowest BCUT2D eigenvalue weighted by Gasteiger charge is -2.23. The van der Waals surface area contributed by atoms with Gasteiger partial charge in [-0.1, -0.05) is 54.6 Å². The predicted octanol–water partition coefficient (Wildman–Crippen LogP) is 3.48. The maximum absolute atomic E-state index is 13.0. The molecule has 1 aromatic heterocycles. The number of para-hydroxylation sites is 1. The third kappa shape index (κ3) is 5.33. The minimum atomic E-state index is -0.688. The lowest BCUT2D eigenvalue weighted by molar-refractivity contribution is -0.148. The minimum Gasteiger partial charge on any atom is -0.454 e. The molecule has 0 atom stereocenters. The number of aromatic nitrogens is 2. The summed E-state index contributed by atoms with van der Waals surface area (Å²) in [7, 11) is 0. The van der Waals surface area contributed by atoms with E-state index in [2.05, 4.69) is 4.98 Å². The quantitative estimate of drug-likeness (QED) is 0.410. The van der Waals surface area contributed by atoms with Gasteiger partial charge in [-0.05, 0) is 42.3 Å². The molecule has 7 nitrogen and oxygen atoms in total. The third-order valence-electron chi connectivity index (χ3n) is 5.19. The fraction of sp³-hybridized carbons (Fsp3) is 0.154. The van der Waals surface area contributed by atoms with Gasteiger partial charge in [0, 0.05) is 5.69 Å². The number of hydrogen-bond donors (Lipinski definition) is 0. The Morgan fingerprint density at radius 1 is 0.970 bits per heavy atom. The van der Waals surface area contributed by atoms with Gasteiger partial charge in [0.2, 0.25) is 0 Å². The van der Waals surface area contributed by atoms with Gasteiger partial charge >= 0.3 is 5.97 Å². The van der Waals surface area contributed by atoms with Gasteiger partial charge in [-0.2, -0.15) is 0 Å². The molecule has 3 aromatic carbocycles. The maximum Gasteiger partial charge on any atom is 0.326 e. The second-order valence-electron chi connectivity index (χ2n) is 7.66. The number of amides is 1. The first-order chi connectivity index (χ1) is 16.0. The average Bonchev–Trinajstić information content (AvgIpc) is 2.83. The molecule has 7 heteroatoms. The molecule has 0 saturated carbocycles. The van der Waals surface area contributed by atoms with Crippen LogP contribution in [0.25, 0.3) is 10.9 Å². The third-order valence-corrected chi connectivity index (χ3v) is 5.19. The van der Waals surface area contributed by atoms with Crippen LogP contribution in [-0.4, -0.2) is 28.0 Å². The fourth-order valence-electron chi connectivity index (χ4n) is 3.51. The average molecular weight is 441 g/mol. The van der Waals surface area contributed by atoms with Gasteiger partial charge in [-0.25, -0.2) is 4.98 Å². The lowest BCUT2D eigenvalue weighted by Crippen LogP contribution is -2.35. The van der Waals surface area contributed by atoms with E-state index in [1.54, 1.807) is 29.2 Å². The number of esters is 1. The topological polar surface area (TPSA) is 81.5 Å². The van der Waals surface area contributed by atoms with E-state index in [4.69, 9.17) is 4.74 Å². The molecule has 1 amide bonds. The smallest absolute Gasteiger partial charge is 0.326 e. The van der Waals surface area contributed by atoms with E-state index < -0.39 is 12.6 Å². The maximum atomic E-state index is 13.0. The van der Waals surface area contributed by atoms with E-state index in [-0.39, 0.29) is 18.0 Å². The molecule has 0 bridgehead atoms. The van der Waals surface area contributed by atoms with Gasteiger partial charge in [0.25, 0.3) is 11.5 Å². The molecule has 0 unspecified atom stereocenters. The molecule has 0 radical (unpaired) electrons.